The maximum Gasteiger partial charge on any atom is 0.223 e. The second-order valence-electron chi connectivity index (χ2n) is 4.19. The molecule has 0 bridgehead atoms. The Kier molecular flexibility index (Phi) is 4.01. The highest BCUT2D eigenvalue weighted by Crippen LogP contribution is 2.29. The SMILES string of the molecule is CCC(C)Nc1ncc2cc(Br)c(OC)cc2n1. The van der Waals surface area contributed by atoms with Crippen LogP contribution in [0.2, 0.25) is 0 Å². The lowest BCUT2D eigenvalue weighted by atomic mass is 10.2. The normalized spacial score (nSPS) is 12.4. The minimum Gasteiger partial charge on any atom is -0.495 e. The Morgan fingerprint density at radius 2 is 2.22 bits per heavy atom. The molecule has 1 heterocycles. The first kappa shape index (κ1) is 13.1. The fourth-order valence-electron chi connectivity index (χ4n) is 1.58. The van der Waals surface area contributed by atoms with Gasteiger partial charge >= 0.3 is 0 Å². The molecule has 18 heavy (non-hydrogen) atoms. The van der Waals surface area contributed by atoms with Crippen LogP contribution in [0.4, 0.5) is 5.95 Å². The van der Waals surface area contributed by atoms with Gasteiger partial charge in [0, 0.05) is 23.7 Å². The van der Waals surface area contributed by atoms with Crippen LogP contribution in [0.1, 0.15) is 20.3 Å². The van der Waals surface area contributed by atoms with Gasteiger partial charge in [-0.3, -0.25) is 0 Å². The first-order chi connectivity index (χ1) is 8.63. The molecule has 5 heteroatoms. The number of nitrogens with zero attached hydrogens (tertiary/aromatic N) is 2. The Morgan fingerprint density at radius 3 is 2.89 bits per heavy atom. The zero-order valence-corrected chi connectivity index (χ0v) is 12.3. The smallest absolute Gasteiger partial charge is 0.223 e. The van der Waals surface area contributed by atoms with Gasteiger partial charge in [-0.1, -0.05) is 6.92 Å². The number of methoxy groups -OCH3 is 1. The van der Waals surface area contributed by atoms with E-state index in [9.17, 15) is 0 Å². The fourth-order valence-corrected chi connectivity index (χ4v) is 2.10. The van der Waals surface area contributed by atoms with E-state index in [4.69, 9.17) is 4.74 Å². The van der Waals surface area contributed by atoms with E-state index >= 15 is 0 Å². The van der Waals surface area contributed by atoms with Crippen LogP contribution < -0.4 is 10.1 Å². The van der Waals surface area contributed by atoms with Crippen LogP contribution in [0.15, 0.2) is 22.8 Å². The Balaban J connectivity index is 2.40. The van der Waals surface area contributed by atoms with E-state index in [0.29, 0.717) is 12.0 Å². The van der Waals surface area contributed by atoms with Crippen molar-refractivity contribution in [2.45, 2.75) is 26.3 Å². The highest BCUT2D eigenvalue weighted by atomic mass is 79.9. The lowest BCUT2D eigenvalue weighted by Crippen LogP contribution is -2.15. The van der Waals surface area contributed by atoms with Crippen LogP contribution in [-0.4, -0.2) is 23.1 Å². The lowest BCUT2D eigenvalue weighted by Gasteiger charge is -2.12. The lowest BCUT2D eigenvalue weighted by molar-refractivity contribution is 0.412. The summed E-state index contributed by atoms with van der Waals surface area (Å²) in [7, 11) is 1.64. The Labute approximate surface area is 115 Å². The first-order valence-electron chi connectivity index (χ1n) is 5.91. The van der Waals surface area contributed by atoms with Crippen LogP contribution in [0, 0.1) is 0 Å². The zero-order chi connectivity index (χ0) is 13.1. The fraction of sp³-hybridized carbons (Fsp3) is 0.385. The summed E-state index contributed by atoms with van der Waals surface area (Å²) in [5.41, 5.74) is 0.871. The Morgan fingerprint density at radius 1 is 1.44 bits per heavy atom. The number of rotatable bonds is 4. The molecule has 0 aliphatic rings. The maximum atomic E-state index is 5.27. The highest BCUT2D eigenvalue weighted by molar-refractivity contribution is 9.10. The number of ether oxygens (including phenoxy) is 1. The molecule has 1 unspecified atom stereocenters. The Bertz CT molecular complexity index is 559. The van der Waals surface area contributed by atoms with Crippen molar-refractivity contribution in [3.63, 3.8) is 0 Å². The molecule has 0 aliphatic carbocycles. The van der Waals surface area contributed by atoms with Gasteiger partial charge in [-0.2, -0.15) is 0 Å². The van der Waals surface area contributed by atoms with Crippen LogP contribution in [-0.2, 0) is 0 Å². The van der Waals surface area contributed by atoms with Gasteiger partial charge in [0.2, 0.25) is 5.95 Å². The van der Waals surface area contributed by atoms with Crippen molar-refractivity contribution >= 4 is 32.8 Å². The molecule has 0 amide bonds. The van der Waals surface area contributed by atoms with E-state index in [-0.39, 0.29) is 0 Å². The molecule has 1 atom stereocenters. The van der Waals surface area contributed by atoms with E-state index in [0.717, 1.165) is 27.5 Å². The first-order valence-corrected chi connectivity index (χ1v) is 6.70. The average molecular weight is 310 g/mol. The third-order valence-electron chi connectivity index (χ3n) is 2.84. The summed E-state index contributed by atoms with van der Waals surface area (Å²) in [5.74, 6) is 1.43. The second kappa shape index (κ2) is 5.52. The van der Waals surface area contributed by atoms with Crippen molar-refractivity contribution in [2.75, 3.05) is 12.4 Å². The average Bonchev–Trinajstić information content (AvgIpc) is 2.38. The standard InChI is InChI=1S/C13H16BrN3O/c1-4-8(2)16-13-15-7-9-5-10(14)12(18-3)6-11(9)17-13/h5-8H,4H2,1-3H3,(H,15,16,17). The zero-order valence-electron chi connectivity index (χ0n) is 10.7. The predicted octanol–water partition coefficient (Wildman–Crippen LogP) is 3.61. The number of nitrogens with one attached hydrogen (secondary N) is 1. The van der Waals surface area contributed by atoms with E-state index < -0.39 is 0 Å². The second-order valence-corrected chi connectivity index (χ2v) is 5.05. The number of hydrogen-bond acceptors (Lipinski definition) is 4. The van der Waals surface area contributed by atoms with Gasteiger partial charge < -0.3 is 10.1 Å². The van der Waals surface area contributed by atoms with Crippen molar-refractivity contribution in [1.82, 2.24) is 9.97 Å². The minimum atomic E-state index is 0.361. The van der Waals surface area contributed by atoms with Gasteiger partial charge in [0.15, 0.2) is 0 Å². The molecule has 1 aromatic heterocycles. The topological polar surface area (TPSA) is 47.0 Å². The number of fused-ring (bicyclic) bond motifs is 1. The van der Waals surface area contributed by atoms with Crippen molar-refractivity contribution in [2.24, 2.45) is 0 Å². The molecule has 1 N–H and O–H groups in total. The molecule has 1 aromatic carbocycles. The molecule has 0 aliphatic heterocycles. The number of benzene rings is 1. The van der Waals surface area contributed by atoms with Crippen molar-refractivity contribution in [1.29, 1.82) is 0 Å². The van der Waals surface area contributed by atoms with Gasteiger partial charge in [0.05, 0.1) is 17.1 Å². The third-order valence-corrected chi connectivity index (χ3v) is 3.46. The molecule has 2 aromatic rings. The monoisotopic (exact) mass is 309 g/mol. The molecule has 0 saturated carbocycles. The highest BCUT2D eigenvalue weighted by Gasteiger charge is 2.07. The number of aromatic nitrogens is 2. The summed E-state index contributed by atoms with van der Waals surface area (Å²) in [5, 5.41) is 4.24. The van der Waals surface area contributed by atoms with Gasteiger partial charge in [-0.25, -0.2) is 9.97 Å². The summed E-state index contributed by atoms with van der Waals surface area (Å²) in [6.07, 6.45) is 2.85. The molecular formula is C13H16BrN3O. The van der Waals surface area contributed by atoms with E-state index in [1.807, 2.05) is 18.3 Å². The molecule has 96 valence electrons. The molecule has 2 rings (SSSR count). The van der Waals surface area contributed by atoms with Crippen LogP contribution in [0.25, 0.3) is 10.9 Å². The summed E-state index contributed by atoms with van der Waals surface area (Å²) in [6.45, 7) is 4.23. The Hall–Kier alpha value is -1.36. The maximum absolute atomic E-state index is 5.27. The van der Waals surface area contributed by atoms with Crippen molar-refractivity contribution < 1.29 is 4.74 Å². The van der Waals surface area contributed by atoms with Crippen LogP contribution in [0.5, 0.6) is 5.75 Å². The largest absolute Gasteiger partial charge is 0.495 e. The molecular weight excluding hydrogens is 294 g/mol. The summed E-state index contributed by atoms with van der Waals surface area (Å²) >= 11 is 3.45. The van der Waals surface area contributed by atoms with Crippen LogP contribution in [0.3, 0.4) is 0 Å². The van der Waals surface area contributed by atoms with E-state index in [1.165, 1.54) is 0 Å². The quantitative estimate of drug-likeness (QED) is 0.937. The molecule has 4 nitrogen and oxygen atoms in total. The number of hydrogen-bond donors (Lipinski definition) is 1. The molecule has 0 spiro atoms. The minimum absolute atomic E-state index is 0.361. The summed E-state index contributed by atoms with van der Waals surface area (Å²) in [4.78, 5) is 8.80. The molecule has 0 fully saturated rings. The van der Waals surface area contributed by atoms with Crippen molar-refractivity contribution in [3.05, 3.63) is 22.8 Å². The summed E-state index contributed by atoms with van der Waals surface area (Å²) < 4.78 is 6.17. The van der Waals surface area contributed by atoms with E-state index in [1.54, 1.807) is 7.11 Å². The van der Waals surface area contributed by atoms with Gasteiger partial charge in [0.1, 0.15) is 5.75 Å². The predicted molar refractivity (Wildman–Crippen MR) is 77.2 cm³/mol. The summed E-state index contributed by atoms with van der Waals surface area (Å²) in [6, 6.07) is 4.23. The van der Waals surface area contributed by atoms with Gasteiger partial charge in [0.25, 0.3) is 0 Å². The van der Waals surface area contributed by atoms with Crippen LogP contribution >= 0.6 is 15.9 Å². The number of halogens is 1. The number of anilines is 1. The van der Waals surface area contributed by atoms with Gasteiger partial charge in [-0.15, -0.1) is 0 Å². The van der Waals surface area contributed by atoms with E-state index in [2.05, 4.69) is 45.1 Å². The van der Waals surface area contributed by atoms with Gasteiger partial charge in [-0.05, 0) is 35.3 Å². The van der Waals surface area contributed by atoms with Crippen molar-refractivity contribution in [3.8, 4) is 5.75 Å². The molecule has 0 radical (unpaired) electrons. The molecule has 0 saturated heterocycles. The third kappa shape index (κ3) is 2.72.